The van der Waals surface area contributed by atoms with Crippen molar-refractivity contribution in [1.29, 1.82) is 0 Å². The number of methoxy groups -OCH3 is 1. The summed E-state index contributed by atoms with van der Waals surface area (Å²) in [6, 6.07) is 9.28. The van der Waals surface area contributed by atoms with Gasteiger partial charge in [-0.15, -0.1) is 0 Å². The molecule has 1 amide bonds. The van der Waals surface area contributed by atoms with Crippen molar-refractivity contribution in [2.75, 3.05) is 12.4 Å². The number of imidazole rings is 1. The highest BCUT2D eigenvalue weighted by atomic mass is 79.9. The molecule has 0 aliphatic carbocycles. The highest BCUT2D eigenvalue weighted by Crippen LogP contribution is 2.25. The predicted molar refractivity (Wildman–Crippen MR) is 93.3 cm³/mol. The number of halogens is 1. The lowest BCUT2D eigenvalue weighted by atomic mass is 10.2. The third-order valence-electron chi connectivity index (χ3n) is 3.62. The Balaban J connectivity index is 2.06. The molecule has 3 rings (SSSR count). The monoisotopic (exact) mass is 373 g/mol. The van der Waals surface area contributed by atoms with E-state index in [9.17, 15) is 4.79 Å². The Morgan fingerprint density at radius 1 is 1.30 bits per heavy atom. The van der Waals surface area contributed by atoms with Crippen molar-refractivity contribution in [1.82, 2.24) is 9.38 Å². The quantitative estimate of drug-likeness (QED) is 0.755. The number of carbonyl (C=O) groups excluding carboxylic acids is 1. The van der Waals surface area contributed by atoms with Crippen molar-refractivity contribution >= 4 is 33.2 Å². The minimum atomic E-state index is -0.225. The van der Waals surface area contributed by atoms with Crippen LogP contribution < -0.4 is 10.1 Å². The normalized spacial score (nSPS) is 10.8. The minimum absolute atomic E-state index is 0.225. The number of rotatable bonds is 3. The molecule has 0 fully saturated rings. The molecule has 118 valence electrons. The highest BCUT2D eigenvalue weighted by molar-refractivity contribution is 9.10. The molecule has 2 heterocycles. The number of para-hydroxylation sites is 2. The molecule has 0 atom stereocenters. The molecule has 6 heteroatoms. The van der Waals surface area contributed by atoms with E-state index in [1.807, 2.05) is 38.2 Å². The lowest BCUT2D eigenvalue weighted by Gasteiger charge is -2.10. The Labute approximate surface area is 142 Å². The van der Waals surface area contributed by atoms with Crippen LogP contribution in [0.15, 0.2) is 41.0 Å². The standard InChI is InChI=1S/C17H16BrN3O2/c1-10-8-12(18)9-21-15(11(2)19-16(10)21)17(22)20-13-6-4-5-7-14(13)23-3/h4-9H,1-3H3,(H,20,22). The Bertz CT molecular complexity index is 902. The van der Waals surface area contributed by atoms with Gasteiger partial charge < -0.3 is 10.1 Å². The second-order valence-electron chi connectivity index (χ2n) is 5.24. The van der Waals surface area contributed by atoms with Crippen LogP contribution in [0.4, 0.5) is 5.69 Å². The van der Waals surface area contributed by atoms with E-state index in [2.05, 4.69) is 26.2 Å². The average molecular weight is 374 g/mol. The number of hydrogen-bond donors (Lipinski definition) is 1. The van der Waals surface area contributed by atoms with E-state index in [1.54, 1.807) is 23.6 Å². The van der Waals surface area contributed by atoms with Gasteiger partial charge in [0, 0.05) is 10.7 Å². The number of ether oxygens (including phenoxy) is 1. The second-order valence-corrected chi connectivity index (χ2v) is 6.15. The summed E-state index contributed by atoms with van der Waals surface area (Å²) < 4.78 is 7.97. The number of hydrogen-bond acceptors (Lipinski definition) is 3. The zero-order valence-corrected chi connectivity index (χ0v) is 14.6. The molecule has 1 N–H and O–H groups in total. The molecule has 1 aromatic carbocycles. The molecule has 5 nitrogen and oxygen atoms in total. The van der Waals surface area contributed by atoms with Crippen molar-refractivity contribution in [3.05, 3.63) is 58.0 Å². The summed E-state index contributed by atoms with van der Waals surface area (Å²) >= 11 is 3.47. The molecule has 2 aromatic heterocycles. The Morgan fingerprint density at radius 3 is 2.78 bits per heavy atom. The van der Waals surface area contributed by atoms with Gasteiger partial charge in [-0.1, -0.05) is 12.1 Å². The van der Waals surface area contributed by atoms with E-state index in [0.717, 1.165) is 15.7 Å². The number of benzene rings is 1. The van der Waals surface area contributed by atoms with Crippen LogP contribution in [0, 0.1) is 13.8 Å². The second kappa shape index (κ2) is 6.04. The minimum Gasteiger partial charge on any atom is -0.495 e. The number of pyridine rings is 1. The highest BCUT2D eigenvalue weighted by Gasteiger charge is 2.19. The van der Waals surface area contributed by atoms with Crippen LogP contribution in [0.5, 0.6) is 5.75 Å². The predicted octanol–water partition coefficient (Wildman–Crippen LogP) is 3.97. The smallest absolute Gasteiger partial charge is 0.274 e. The van der Waals surface area contributed by atoms with Gasteiger partial charge in [0.25, 0.3) is 5.91 Å². The number of nitrogens with one attached hydrogen (secondary N) is 1. The van der Waals surface area contributed by atoms with E-state index in [0.29, 0.717) is 22.8 Å². The molecule has 0 bridgehead atoms. The summed E-state index contributed by atoms with van der Waals surface area (Å²) in [6.07, 6.45) is 1.85. The zero-order chi connectivity index (χ0) is 16.6. The van der Waals surface area contributed by atoms with E-state index in [-0.39, 0.29) is 5.91 Å². The van der Waals surface area contributed by atoms with Crippen LogP contribution in [0.1, 0.15) is 21.7 Å². The molecule has 3 aromatic rings. The van der Waals surface area contributed by atoms with Gasteiger partial charge in [-0.05, 0) is 53.5 Å². The number of amides is 1. The van der Waals surface area contributed by atoms with Gasteiger partial charge in [-0.2, -0.15) is 0 Å². The molecular formula is C17H16BrN3O2. The summed E-state index contributed by atoms with van der Waals surface area (Å²) in [4.78, 5) is 17.3. The summed E-state index contributed by atoms with van der Waals surface area (Å²) in [5.41, 5.74) is 3.59. The van der Waals surface area contributed by atoms with Crippen LogP contribution in [-0.4, -0.2) is 22.4 Å². The van der Waals surface area contributed by atoms with Crippen LogP contribution in [0.25, 0.3) is 5.65 Å². The first-order valence-electron chi connectivity index (χ1n) is 7.10. The fraction of sp³-hybridized carbons (Fsp3) is 0.176. The van der Waals surface area contributed by atoms with Crippen LogP contribution in [0.3, 0.4) is 0 Å². The molecular weight excluding hydrogens is 358 g/mol. The van der Waals surface area contributed by atoms with Gasteiger partial charge in [-0.25, -0.2) is 4.98 Å². The van der Waals surface area contributed by atoms with E-state index in [4.69, 9.17) is 4.74 Å². The first kappa shape index (κ1) is 15.6. The third kappa shape index (κ3) is 2.82. The van der Waals surface area contributed by atoms with Crippen LogP contribution in [-0.2, 0) is 0 Å². The van der Waals surface area contributed by atoms with Crippen molar-refractivity contribution in [3.8, 4) is 5.75 Å². The first-order chi connectivity index (χ1) is 11.0. The van der Waals surface area contributed by atoms with Gasteiger partial charge in [0.1, 0.15) is 17.1 Å². The average Bonchev–Trinajstić information content (AvgIpc) is 2.84. The maximum atomic E-state index is 12.8. The first-order valence-corrected chi connectivity index (χ1v) is 7.89. The third-order valence-corrected chi connectivity index (χ3v) is 4.05. The van der Waals surface area contributed by atoms with Gasteiger partial charge >= 0.3 is 0 Å². The Hall–Kier alpha value is -2.34. The Morgan fingerprint density at radius 2 is 2.04 bits per heavy atom. The summed E-state index contributed by atoms with van der Waals surface area (Å²) in [5, 5.41) is 2.90. The van der Waals surface area contributed by atoms with E-state index in [1.165, 1.54) is 0 Å². The molecule has 0 radical (unpaired) electrons. The molecule has 0 aliphatic heterocycles. The van der Waals surface area contributed by atoms with E-state index < -0.39 is 0 Å². The van der Waals surface area contributed by atoms with Gasteiger partial charge in [0.2, 0.25) is 0 Å². The van der Waals surface area contributed by atoms with Crippen LogP contribution in [0.2, 0.25) is 0 Å². The topological polar surface area (TPSA) is 55.6 Å². The van der Waals surface area contributed by atoms with Crippen LogP contribution >= 0.6 is 15.9 Å². The van der Waals surface area contributed by atoms with Crippen molar-refractivity contribution in [2.45, 2.75) is 13.8 Å². The molecule has 0 aliphatic rings. The Kier molecular flexibility index (Phi) is 4.09. The summed E-state index contributed by atoms with van der Waals surface area (Å²) in [6.45, 7) is 3.80. The lowest BCUT2D eigenvalue weighted by Crippen LogP contribution is -2.16. The largest absolute Gasteiger partial charge is 0.495 e. The number of aromatic nitrogens is 2. The van der Waals surface area contributed by atoms with E-state index >= 15 is 0 Å². The van der Waals surface area contributed by atoms with Gasteiger partial charge in [0.15, 0.2) is 0 Å². The van der Waals surface area contributed by atoms with Gasteiger partial charge in [0.05, 0.1) is 18.5 Å². The van der Waals surface area contributed by atoms with Crippen molar-refractivity contribution in [3.63, 3.8) is 0 Å². The fourth-order valence-electron chi connectivity index (χ4n) is 2.58. The molecule has 0 saturated heterocycles. The van der Waals surface area contributed by atoms with Gasteiger partial charge in [-0.3, -0.25) is 9.20 Å². The summed E-state index contributed by atoms with van der Waals surface area (Å²) in [5.74, 6) is 0.390. The SMILES string of the molecule is COc1ccccc1NC(=O)c1c(C)nc2c(C)cc(Br)cn12. The maximum absolute atomic E-state index is 12.8. The molecule has 0 saturated carbocycles. The fourth-order valence-corrected chi connectivity index (χ4v) is 3.13. The number of fused-ring (bicyclic) bond motifs is 1. The number of aryl methyl sites for hydroxylation is 2. The molecule has 0 unspecified atom stereocenters. The maximum Gasteiger partial charge on any atom is 0.274 e. The molecule has 0 spiro atoms. The molecule has 23 heavy (non-hydrogen) atoms. The van der Waals surface area contributed by atoms with Crippen molar-refractivity contribution in [2.24, 2.45) is 0 Å². The number of carbonyl (C=O) groups is 1. The summed E-state index contributed by atoms with van der Waals surface area (Å²) in [7, 11) is 1.57. The number of nitrogens with zero attached hydrogens (tertiary/aromatic N) is 2. The van der Waals surface area contributed by atoms with Crippen molar-refractivity contribution < 1.29 is 9.53 Å². The zero-order valence-electron chi connectivity index (χ0n) is 13.1. The lowest BCUT2D eigenvalue weighted by molar-refractivity contribution is 0.102. The number of anilines is 1.